The highest BCUT2D eigenvalue weighted by atomic mass is 19.4. The smallest absolute Gasteiger partial charge is 0.366 e. The van der Waals surface area contributed by atoms with E-state index < -0.39 is 11.9 Å². The second-order valence-corrected chi connectivity index (χ2v) is 7.79. The van der Waals surface area contributed by atoms with Crippen LogP contribution in [0.3, 0.4) is 0 Å². The Balaban J connectivity index is 1.58. The first-order chi connectivity index (χ1) is 15.3. The Labute approximate surface area is 183 Å². The van der Waals surface area contributed by atoms with Gasteiger partial charge >= 0.3 is 6.18 Å². The molecule has 0 fully saturated rings. The van der Waals surface area contributed by atoms with Crippen LogP contribution in [-0.4, -0.2) is 21.5 Å². The highest BCUT2D eigenvalue weighted by molar-refractivity contribution is 5.63. The lowest BCUT2D eigenvalue weighted by Crippen LogP contribution is -2.32. The van der Waals surface area contributed by atoms with Crippen molar-refractivity contribution in [3.63, 3.8) is 0 Å². The molecule has 0 aliphatic carbocycles. The van der Waals surface area contributed by atoms with Gasteiger partial charge in [-0.1, -0.05) is 12.1 Å². The number of nitriles is 1. The average molecular weight is 438 g/mol. The van der Waals surface area contributed by atoms with Crippen molar-refractivity contribution in [2.75, 3.05) is 16.8 Å². The molecule has 9 heteroatoms. The van der Waals surface area contributed by atoms with Gasteiger partial charge < -0.3 is 10.2 Å². The Morgan fingerprint density at radius 2 is 1.97 bits per heavy atom. The van der Waals surface area contributed by atoms with E-state index in [2.05, 4.69) is 31.2 Å². The fourth-order valence-electron chi connectivity index (χ4n) is 3.80. The van der Waals surface area contributed by atoms with Crippen molar-refractivity contribution in [2.24, 2.45) is 0 Å². The van der Waals surface area contributed by atoms with Gasteiger partial charge in [-0.3, -0.25) is 4.98 Å². The van der Waals surface area contributed by atoms with Crippen LogP contribution in [0, 0.1) is 18.3 Å². The summed E-state index contributed by atoms with van der Waals surface area (Å²) in [5.74, 6) is 0.623. The molecule has 0 saturated heterocycles. The van der Waals surface area contributed by atoms with Crippen LogP contribution in [0.2, 0.25) is 0 Å². The molecule has 32 heavy (non-hydrogen) atoms. The molecule has 1 N–H and O–H groups in total. The maximum atomic E-state index is 12.8. The van der Waals surface area contributed by atoms with Crippen molar-refractivity contribution in [1.29, 1.82) is 5.26 Å². The largest absolute Gasteiger partial charge is 0.433 e. The van der Waals surface area contributed by atoms with Gasteiger partial charge in [0.2, 0.25) is 0 Å². The number of aromatic nitrogens is 3. The van der Waals surface area contributed by atoms with E-state index in [1.807, 2.05) is 32.0 Å². The van der Waals surface area contributed by atoms with E-state index >= 15 is 0 Å². The molecular weight excluding hydrogens is 417 g/mol. The normalized spacial score (nSPS) is 14.4. The van der Waals surface area contributed by atoms with E-state index in [0.29, 0.717) is 29.9 Å². The van der Waals surface area contributed by atoms with Crippen molar-refractivity contribution in [1.82, 2.24) is 15.0 Å². The van der Waals surface area contributed by atoms with E-state index in [0.717, 1.165) is 35.1 Å². The molecule has 6 nitrogen and oxygen atoms in total. The van der Waals surface area contributed by atoms with Crippen LogP contribution in [-0.2, 0) is 19.1 Å². The van der Waals surface area contributed by atoms with Crippen LogP contribution < -0.4 is 10.2 Å². The van der Waals surface area contributed by atoms with Crippen LogP contribution in [0.4, 0.5) is 24.7 Å². The van der Waals surface area contributed by atoms with Gasteiger partial charge in [-0.05, 0) is 43.2 Å². The fourth-order valence-corrected chi connectivity index (χ4v) is 3.80. The molecule has 0 saturated carbocycles. The fraction of sp³-hybridized carbons (Fsp3) is 0.304. The van der Waals surface area contributed by atoms with Gasteiger partial charge in [0.25, 0.3) is 0 Å². The van der Waals surface area contributed by atoms with E-state index in [9.17, 15) is 18.4 Å². The lowest BCUT2D eigenvalue weighted by atomic mass is 10.0. The summed E-state index contributed by atoms with van der Waals surface area (Å²) in [6, 6.07) is 10.1. The predicted molar refractivity (Wildman–Crippen MR) is 114 cm³/mol. The van der Waals surface area contributed by atoms with Crippen molar-refractivity contribution in [3.05, 3.63) is 76.5 Å². The Kier molecular flexibility index (Phi) is 5.70. The van der Waals surface area contributed by atoms with E-state index in [1.165, 1.54) is 18.6 Å². The number of hydrogen-bond donors (Lipinski definition) is 1. The molecule has 1 aromatic carbocycles. The van der Waals surface area contributed by atoms with Crippen LogP contribution >= 0.6 is 0 Å². The first kappa shape index (κ1) is 21.6. The average Bonchev–Trinajstić information content (AvgIpc) is 2.78. The molecule has 1 aliphatic heterocycles. The van der Waals surface area contributed by atoms with Crippen molar-refractivity contribution < 1.29 is 13.2 Å². The van der Waals surface area contributed by atoms with Gasteiger partial charge in [0.15, 0.2) is 0 Å². The van der Waals surface area contributed by atoms with Gasteiger partial charge in [-0.25, -0.2) is 9.97 Å². The van der Waals surface area contributed by atoms with Gasteiger partial charge in [-0.15, -0.1) is 0 Å². The second-order valence-electron chi connectivity index (χ2n) is 7.79. The molecule has 3 heterocycles. The first-order valence-electron chi connectivity index (χ1n) is 10.1. The number of aryl methyl sites for hydroxylation is 1. The number of benzene rings is 1. The quantitative estimate of drug-likeness (QED) is 0.630. The molecule has 164 valence electrons. The third kappa shape index (κ3) is 4.35. The zero-order valence-electron chi connectivity index (χ0n) is 17.6. The molecule has 3 aromatic rings. The van der Waals surface area contributed by atoms with E-state index in [1.54, 1.807) is 0 Å². The van der Waals surface area contributed by atoms with Gasteiger partial charge in [-0.2, -0.15) is 18.4 Å². The van der Waals surface area contributed by atoms with Crippen molar-refractivity contribution in [2.45, 2.75) is 39.0 Å². The SMILES string of the molecule is Cc1ccc(N2CCc3ncnc(NC(C)c4ccc(C(F)(F)F)nc4)c3C2)c(C#N)c1. The topological polar surface area (TPSA) is 77.7 Å². The molecule has 0 spiro atoms. The maximum absolute atomic E-state index is 12.8. The lowest BCUT2D eigenvalue weighted by molar-refractivity contribution is -0.141. The number of pyridine rings is 1. The Bertz CT molecular complexity index is 1170. The molecule has 1 unspecified atom stereocenters. The molecule has 1 atom stereocenters. The van der Waals surface area contributed by atoms with Crippen LogP contribution in [0.5, 0.6) is 0 Å². The zero-order valence-corrected chi connectivity index (χ0v) is 17.6. The summed E-state index contributed by atoms with van der Waals surface area (Å²) in [4.78, 5) is 14.5. The number of fused-ring (bicyclic) bond motifs is 1. The monoisotopic (exact) mass is 438 g/mol. The molecule has 0 bridgehead atoms. The zero-order chi connectivity index (χ0) is 22.9. The molecule has 1 aliphatic rings. The number of nitrogens with zero attached hydrogens (tertiary/aromatic N) is 5. The minimum absolute atomic E-state index is 0.312. The van der Waals surface area contributed by atoms with Gasteiger partial charge in [0.05, 0.1) is 23.0 Å². The van der Waals surface area contributed by atoms with Crippen molar-refractivity contribution in [3.8, 4) is 6.07 Å². The van der Waals surface area contributed by atoms with Crippen LogP contribution in [0.25, 0.3) is 0 Å². The highest BCUT2D eigenvalue weighted by Gasteiger charge is 2.32. The van der Waals surface area contributed by atoms with Gasteiger partial charge in [0, 0.05) is 31.3 Å². The standard InChI is InChI=1S/C23H21F3N6/c1-14-3-5-20(17(9-14)10-27)32-8-7-19-18(12-32)22(30-13-29-19)31-15(2)16-4-6-21(28-11-16)23(24,25)26/h3-6,9,11,13,15H,7-8,12H2,1-2H3,(H,29,30,31). The molecule has 0 amide bonds. The van der Waals surface area contributed by atoms with Crippen LogP contribution in [0.1, 0.15) is 46.6 Å². The first-order valence-corrected chi connectivity index (χ1v) is 10.1. The molecule has 0 radical (unpaired) electrons. The second kappa shape index (κ2) is 8.46. The third-order valence-electron chi connectivity index (χ3n) is 5.55. The summed E-state index contributed by atoms with van der Waals surface area (Å²) in [5, 5.41) is 12.8. The third-order valence-corrected chi connectivity index (χ3v) is 5.55. The Morgan fingerprint density at radius 3 is 2.66 bits per heavy atom. The number of hydrogen-bond acceptors (Lipinski definition) is 6. The lowest BCUT2D eigenvalue weighted by Gasteiger charge is -2.32. The number of anilines is 2. The maximum Gasteiger partial charge on any atom is 0.433 e. The summed E-state index contributed by atoms with van der Waals surface area (Å²) in [5.41, 5.74) is 4.02. The predicted octanol–water partition coefficient (Wildman–Crippen LogP) is 4.81. The summed E-state index contributed by atoms with van der Waals surface area (Å²) in [6.45, 7) is 5.03. The molecular formula is C23H21F3N6. The number of alkyl halides is 3. The van der Waals surface area contributed by atoms with E-state index in [-0.39, 0.29) is 6.04 Å². The number of rotatable bonds is 4. The Morgan fingerprint density at radius 1 is 1.16 bits per heavy atom. The molecule has 2 aromatic heterocycles. The van der Waals surface area contributed by atoms with Crippen molar-refractivity contribution >= 4 is 11.5 Å². The molecule has 4 rings (SSSR count). The summed E-state index contributed by atoms with van der Waals surface area (Å²) < 4.78 is 38.4. The Hall–Kier alpha value is -3.67. The van der Waals surface area contributed by atoms with Gasteiger partial charge in [0.1, 0.15) is 23.9 Å². The highest BCUT2D eigenvalue weighted by Crippen LogP contribution is 2.32. The number of nitrogens with one attached hydrogen (secondary N) is 1. The van der Waals surface area contributed by atoms with E-state index in [4.69, 9.17) is 0 Å². The minimum atomic E-state index is -4.47. The summed E-state index contributed by atoms with van der Waals surface area (Å²) in [7, 11) is 0. The summed E-state index contributed by atoms with van der Waals surface area (Å²) >= 11 is 0. The minimum Gasteiger partial charge on any atom is -0.366 e. The summed E-state index contributed by atoms with van der Waals surface area (Å²) in [6.07, 6.45) is -1.06. The van der Waals surface area contributed by atoms with Crippen LogP contribution in [0.15, 0.2) is 42.9 Å². The number of halogens is 3.